The highest BCUT2D eigenvalue weighted by atomic mass is 16.1. The number of nitrogens with zero attached hydrogens (tertiary/aromatic N) is 1. The second-order valence-electron chi connectivity index (χ2n) is 6.77. The molecule has 144 valence electrons. The summed E-state index contributed by atoms with van der Waals surface area (Å²) in [5.41, 5.74) is 4.36. The van der Waals surface area contributed by atoms with E-state index in [-0.39, 0.29) is 11.8 Å². The first kappa shape index (κ1) is 20.5. The quantitative estimate of drug-likeness (QED) is 0.515. The van der Waals surface area contributed by atoms with Crippen LogP contribution in [0, 0.1) is 12.8 Å². The molecule has 0 radical (unpaired) electrons. The zero-order chi connectivity index (χ0) is 19.6. The third-order valence-corrected chi connectivity index (χ3v) is 4.48. The molecule has 5 nitrogen and oxygen atoms in total. The van der Waals surface area contributed by atoms with Gasteiger partial charge in [0.2, 0.25) is 5.91 Å². The van der Waals surface area contributed by atoms with Crippen molar-refractivity contribution in [1.82, 2.24) is 10.6 Å². The van der Waals surface area contributed by atoms with E-state index in [4.69, 9.17) is 0 Å². The molecule has 0 aromatic heterocycles. The first-order valence-electron chi connectivity index (χ1n) is 9.41. The summed E-state index contributed by atoms with van der Waals surface area (Å²) < 4.78 is 0. The summed E-state index contributed by atoms with van der Waals surface area (Å²) in [5, 5.41) is 9.61. The third kappa shape index (κ3) is 6.77. The summed E-state index contributed by atoms with van der Waals surface area (Å²) in [5.74, 6) is 0.806. The van der Waals surface area contributed by atoms with Gasteiger partial charge in [0.05, 0.1) is 0 Å². The van der Waals surface area contributed by atoms with Crippen LogP contribution in [0.2, 0.25) is 0 Å². The molecule has 2 rings (SSSR count). The Morgan fingerprint density at radius 2 is 1.67 bits per heavy atom. The van der Waals surface area contributed by atoms with Crippen LogP contribution in [0.5, 0.6) is 0 Å². The smallest absolute Gasteiger partial charge is 0.227 e. The molecule has 0 heterocycles. The predicted octanol–water partition coefficient (Wildman–Crippen LogP) is 3.84. The van der Waals surface area contributed by atoms with Crippen molar-refractivity contribution in [3.8, 4) is 0 Å². The van der Waals surface area contributed by atoms with E-state index in [1.807, 2.05) is 38.1 Å². The minimum absolute atomic E-state index is 0.0106. The van der Waals surface area contributed by atoms with E-state index < -0.39 is 0 Å². The van der Waals surface area contributed by atoms with Crippen LogP contribution in [0.15, 0.2) is 53.5 Å². The molecule has 0 bridgehead atoms. The number of amides is 1. The number of guanidine groups is 1. The Kier molecular flexibility index (Phi) is 7.86. The molecule has 3 N–H and O–H groups in total. The maximum atomic E-state index is 12.1. The van der Waals surface area contributed by atoms with Crippen molar-refractivity contribution < 1.29 is 4.79 Å². The SMILES string of the molecule is CCC(C)C(=O)Nc1cccc(CNC(=NC)NCc2cccc(C)c2)c1. The maximum absolute atomic E-state index is 12.1. The number of hydrogen-bond acceptors (Lipinski definition) is 2. The van der Waals surface area contributed by atoms with Crippen LogP contribution in [0.3, 0.4) is 0 Å². The summed E-state index contributed by atoms with van der Waals surface area (Å²) in [7, 11) is 1.76. The molecule has 2 aromatic carbocycles. The van der Waals surface area contributed by atoms with E-state index in [9.17, 15) is 4.79 Å². The second kappa shape index (κ2) is 10.4. The van der Waals surface area contributed by atoms with E-state index in [1.54, 1.807) is 7.05 Å². The van der Waals surface area contributed by atoms with Gasteiger partial charge in [-0.1, -0.05) is 55.8 Å². The number of hydrogen-bond donors (Lipinski definition) is 3. The molecule has 0 aliphatic heterocycles. The normalized spacial score (nSPS) is 12.4. The lowest BCUT2D eigenvalue weighted by atomic mass is 10.1. The number of nitrogens with one attached hydrogen (secondary N) is 3. The van der Waals surface area contributed by atoms with Crippen LogP contribution in [-0.4, -0.2) is 18.9 Å². The molecule has 0 spiro atoms. The van der Waals surface area contributed by atoms with Gasteiger partial charge in [-0.15, -0.1) is 0 Å². The zero-order valence-electron chi connectivity index (χ0n) is 16.7. The lowest BCUT2D eigenvalue weighted by Gasteiger charge is -2.14. The van der Waals surface area contributed by atoms with Gasteiger partial charge in [-0.2, -0.15) is 0 Å². The largest absolute Gasteiger partial charge is 0.352 e. The second-order valence-corrected chi connectivity index (χ2v) is 6.77. The molecule has 0 aliphatic rings. The van der Waals surface area contributed by atoms with Crippen molar-refractivity contribution >= 4 is 17.6 Å². The number of carbonyl (C=O) groups excluding carboxylic acids is 1. The van der Waals surface area contributed by atoms with E-state index in [0.717, 1.165) is 23.6 Å². The Morgan fingerprint density at radius 1 is 1.04 bits per heavy atom. The van der Waals surface area contributed by atoms with Crippen molar-refractivity contribution in [3.63, 3.8) is 0 Å². The zero-order valence-corrected chi connectivity index (χ0v) is 16.7. The number of benzene rings is 2. The van der Waals surface area contributed by atoms with Gasteiger partial charge in [-0.3, -0.25) is 9.79 Å². The fourth-order valence-corrected chi connectivity index (χ4v) is 2.62. The molecule has 1 amide bonds. The van der Waals surface area contributed by atoms with Gasteiger partial charge >= 0.3 is 0 Å². The van der Waals surface area contributed by atoms with Gasteiger partial charge in [0.1, 0.15) is 0 Å². The van der Waals surface area contributed by atoms with Gasteiger partial charge in [0.15, 0.2) is 5.96 Å². The molecular weight excluding hydrogens is 336 g/mol. The van der Waals surface area contributed by atoms with Crippen LogP contribution < -0.4 is 16.0 Å². The van der Waals surface area contributed by atoms with Crippen LogP contribution in [0.1, 0.15) is 37.0 Å². The number of aliphatic imine (C=N–C) groups is 1. The summed E-state index contributed by atoms with van der Waals surface area (Å²) in [6.07, 6.45) is 0.829. The van der Waals surface area contributed by atoms with Gasteiger partial charge in [-0.05, 0) is 36.6 Å². The molecule has 0 fully saturated rings. The Morgan fingerprint density at radius 3 is 2.26 bits per heavy atom. The van der Waals surface area contributed by atoms with Crippen LogP contribution in [0.25, 0.3) is 0 Å². The molecule has 0 saturated heterocycles. The molecule has 2 aromatic rings. The number of aryl methyl sites for hydroxylation is 1. The fourth-order valence-electron chi connectivity index (χ4n) is 2.62. The van der Waals surface area contributed by atoms with Crippen molar-refractivity contribution in [2.75, 3.05) is 12.4 Å². The first-order valence-corrected chi connectivity index (χ1v) is 9.41. The Hall–Kier alpha value is -2.82. The highest BCUT2D eigenvalue weighted by Crippen LogP contribution is 2.13. The van der Waals surface area contributed by atoms with E-state index in [1.165, 1.54) is 11.1 Å². The number of anilines is 1. The minimum Gasteiger partial charge on any atom is -0.352 e. The van der Waals surface area contributed by atoms with Crippen LogP contribution in [0.4, 0.5) is 5.69 Å². The van der Waals surface area contributed by atoms with E-state index >= 15 is 0 Å². The molecule has 27 heavy (non-hydrogen) atoms. The van der Waals surface area contributed by atoms with Crippen molar-refractivity contribution in [3.05, 3.63) is 65.2 Å². The van der Waals surface area contributed by atoms with Gasteiger partial charge < -0.3 is 16.0 Å². The van der Waals surface area contributed by atoms with E-state index in [2.05, 4.69) is 52.1 Å². The summed E-state index contributed by atoms with van der Waals surface area (Å²) in [6, 6.07) is 16.3. The summed E-state index contributed by atoms with van der Waals surface area (Å²) in [6.45, 7) is 7.38. The molecule has 1 unspecified atom stereocenters. The van der Waals surface area contributed by atoms with E-state index in [0.29, 0.717) is 13.1 Å². The van der Waals surface area contributed by atoms with Crippen molar-refractivity contribution in [2.45, 2.75) is 40.3 Å². The van der Waals surface area contributed by atoms with Crippen LogP contribution in [-0.2, 0) is 17.9 Å². The topological polar surface area (TPSA) is 65.5 Å². The van der Waals surface area contributed by atoms with Gasteiger partial charge in [0.25, 0.3) is 0 Å². The average molecular weight is 367 g/mol. The lowest BCUT2D eigenvalue weighted by molar-refractivity contribution is -0.119. The number of rotatable bonds is 7. The molecule has 0 aliphatic carbocycles. The maximum Gasteiger partial charge on any atom is 0.227 e. The van der Waals surface area contributed by atoms with Gasteiger partial charge in [-0.25, -0.2) is 0 Å². The molecule has 5 heteroatoms. The average Bonchev–Trinajstić information content (AvgIpc) is 2.67. The fraction of sp³-hybridized carbons (Fsp3) is 0.364. The molecule has 0 saturated carbocycles. The highest BCUT2D eigenvalue weighted by Gasteiger charge is 2.10. The molecule has 1 atom stereocenters. The Labute approximate surface area is 162 Å². The standard InChI is InChI=1S/C22H30N4O/c1-5-17(3)21(27)26-20-11-7-10-19(13-20)15-25-22(23-4)24-14-18-9-6-8-16(2)12-18/h6-13,17H,5,14-15H2,1-4H3,(H,26,27)(H2,23,24,25). The minimum atomic E-state index is 0.0106. The van der Waals surface area contributed by atoms with Gasteiger partial charge in [0, 0.05) is 31.7 Å². The third-order valence-electron chi connectivity index (χ3n) is 4.48. The van der Waals surface area contributed by atoms with Crippen molar-refractivity contribution in [1.29, 1.82) is 0 Å². The van der Waals surface area contributed by atoms with Crippen LogP contribution >= 0.6 is 0 Å². The highest BCUT2D eigenvalue weighted by molar-refractivity contribution is 5.92. The summed E-state index contributed by atoms with van der Waals surface area (Å²) >= 11 is 0. The monoisotopic (exact) mass is 366 g/mol. The number of carbonyl (C=O) groups is 1. The Balaban J connectivity index is 1.88. The lowest BCUT2D eigenvalue weighted by Crippen LogP contribution is -2.36. The first-order chi connectivity index (χ1) is 13.0. The Bertz CT molecular complexity index is 785. The molecular formula is C22H30N4O. The predicted molar refractivity (Wildman–Crippen MR) is 113 cm³/mol. The van der Waals surface area contributed by atoms with Crippen molar-refractivity contribution in [2.24, 2.45) is 10.9 Å². The summed E-state index contributed by atoms with van der Waals surface area (Å²) in [4.78, 5) is 16.3.